The smallest absolute Gasteiger partial charge is 0.329 e. The van der Waals surface area contributed by atoms with Crippen molar-refractivity contribution in [2.75, 3.05) is 0 Å². The van der Waals surface area contributed by atoms with Crippen LogP contribution < -0.4 is 10.6 Å². The van der Waals surface area contributed by atoms with Crippen molar-refractivity contribution in [1.82, 2.24) is 15.6 Å². The van der Waals surface area contributed by atoms with Crippen molar-refractivity contribution < 1.29 is 14.7 Å². The van der Waals surface area contributed by atoms with E-state index in [2.05, 4.69) is 15.6 Å². The lowest BCUT2D eigenvalue weighted by Crippen LogP contribution is -2.55. The van der Waals surface area contributed by atoms with Gasteiger partial charge in [0.25, 0.3) is 0 Å². The number of amides is 2. The van der Waals surface area contributed by atoms with Crippen LogP contribution in [0.25, 0.3) is 0 Å². The first-order valence-corrected chi connectivity index (χ1v) is 6.73. The van der Waals surface area contributed by atoms with Crippen LogP contribution in [0.5, 0.6) is 0 Å². The van der Waals surface area contributed by atoms with E-state index in [9.17, 15) is 14.7 Å². The summed E-state index contributed by atoms with van der Waals surface area (Å²) < 4.78 is 0. The fourth-order valence-electron chi connectivity index (χ4n) is 2.50. The molecule has 6 heteroatoms. The Labute approximate surface area is 117 Å². The molecule has 1 aliphatic rings. The van der Waals surface area contributed by atoms with E-state index in [-0.39, 0.29) is 6.54 Å². The number of urea groups is 1. The molecule has 1 heterocycles. The van der Waals surface area contributed by atoms with E-state index in [0.29, 0.717) is 12.8 Å². The number of nitrogens with one attached hydrogen (secondary N) is 2. The van der Waals surface area contributed by atoms with Gasteiger partial charge in [-0.25, -0.2) is 9.59 Å². The SMILES string of the molecule is Cc1cccnc1CNC(=O)NC1(C(=O)O)CCCC1. The van der Waals surface area contributed by atoms with Gasteiger partial charge >= 0.3 is 12.0 Å². The molecular formula is C14H19N3O3. The Bertz CT molecular complexity index is 510. The highest BCUT2D eigenvalue weighted by molar-refractivity contribution is 5.86. The average Bonchev–Trinajstić information content (AvgIpc) is 2.88. The summed E-state index contributed by atoms with van der Waals surface area (Å²) in [4.78, 5) is 27.4. The van der Waals surface area contributed by atoms with Crippen LogP contribution >= 0.6 is 0 Å². The molecule has 1 fully saturated rings. The number of carbonyl (C=O) groups excluding carboxylic acids is 1. The summed E-state index contributed by atoms with van der Waals surface area (Å²) >= 11 is 0. The summed E-state index contributed by atoms with van der Waals surface area (Å²) in [5.74, 6) is -0.959. The summed E-state index contributed by atoms with van der Waals surface area (Å²) in [6.45, 7) is 2.20. The highest BCUT2D eigenvalue weighted by atomic mass is 16.4. The van der Waals surface area contributed by atoms with Crippen molar-refractivity contribution in [1.29, 1.82) is 0 Å². The molecule has 0 saturated heterocycles. The van der Waals surface area contributed by atoms with Crippen LogP contribution in [0.2, 0.25) is 0 Å². The number of carbonyl (C=O) groups is 2. The maximum atomic E-state index is 11.9. The van der Waals surface area contributed by atoms with Crippen molar-refractivity contribution in [2.24, 2.45) is 0 Å². The van der Waals surface area contributed by atoms with Gasteiger partial charge in [0.15, 0.2) is 0 Å². The zero-order valence-corrected chi connectivity index (χ0v) is 11.5. The predicted molar refractivity (Wildman–Crippen MR) is 73.2 cm³/mol. The minimum atomic E-state index is -1.11. The number of rotatable bonds is 4. The van der Waals surface area contributed by atoms with Crippen molar-refractivity contribution in [3.8, 4) is 0 Å². The van der Waals surface area contributed by atoms with Crippen LogP contribution in [0.3, 0.4) is 0 Å². The summed E-state index contributed by atoms with van der Waals surface area (Å²) in [5, 5.41) is 14.6. The molecule has 0 aromatic carbocycles. The molecule has 3 N–H and O–H groups in total. The Kier molecular flexibility index (Phi) is 4.22. The lowest BCUT2D eigenvalue weighted by atomic mass is 9.98. The number of hydrogen-bond donors (Lipinski definition) is 3. The largest absolute Gasteiger partial charge is 0.480 e. The van der Waals surface area contributed by atoms with Crippen molar-refractivity contribution in [3.63, 3.8) is 0 Å². The van der Waals surface area contributed by atoms with Gasteiger partial charge in [-0.15, -0.1) is 0 Å². The predicted octanol–water partition coefficient (Wildman–Crippen LogP) is 1.59. The molecule has 0 aliphatic heterocycles. The molecule has 1 aromatic heterocycles. The second-order valence-corrected chi connectivity index (χ2v) is 5.17. The second-order valence-electron chi connectivity index (χ2n) is 5.17. The first kappa shape index (κ1) is 14.3. The summed E-state index contributed by atoms with van der Waals surface area (Å²) in [5.41, 5.74) is 0.656. The van der Waals surface area contributed by atoms with Gasteiger partial charge in [-0.1, -0.05) is 18.9 Å². The third-order valence-corrected chi connectivity index (χ3v) is 3.75. The summed E-state index contributed by atoms with van der Waals surface area (Å²) in [6, 6.07) is 3.29. The normalized spacial score (nSPS) is 16.6. The maximum absolute atomic E-state index is 11.9. The van der Waals surface area contributed by atoms with E-state index in [1.54, 1.807) is 6.20 Å². The minimum absolute atomic E-state index is 0.286. The first-order valence-electron chi connectivity index (χ1n) is 6.73. The Hall–Kier alpha value is -2.11. The van der Waals surface area contributed by atoms with E-state index in [1.165, 1.54) is 0 Å². The summed E-state index contributed by atoms with van der Waals surface area (Å²) in [7, 11) is 0. The van der Waals surface area contributed by atoms with E-state index in [0.717, 1.165) is 24.1 Å². The van der Waals surface area contributed by atoms with Crippen molar-refractivity contribution >= 4 is 12.0 Å². The van der Waals surface area contributed by atoms with Crippen molar-refractivity contribution in [3.05, 3.63) is 29.6 Å². The fraction of sp³-hybridized carbons (Fsp3) is 0.500. The highest BCUT2D eigenvalue weighted by Crippen LogP contribution is 2.29. The molecule has 20 heavy (non-hydrogen) atoms. The molecule has 2 rings (SSSR count). The van der Waals surface area contributed by atoms with Crippen LogP contribution in [0.1, 0.15) is 36.9 Å². The molecule has 0 atom stereocenters. The molecule has 0 radical (unpaired) electrons. The van der Waals surface area contributed by atoms with Crippen molar-refractivity contribution in [2.45, 2.75) is 44.7 Å². The van der Waals surface area contributed by atoms with Gasteiger partial charge < -0.3 is 15.7 Å². The van der Waals surface area contributed by atoms with Gasteiger partial charge in [0.1, 0.15) is 5.54 Å². The second kappa shape index (κ2) is 5.90. The number of aryl methyl sites for hydroxylation is 1. The molecular weight excluding hydrogens is 258 g/mol. The number of carboxylic acids is 1. The molecule has 1 aliphatic carbocycles. The number of aromatic nitrogens is 1. The third kappa shape index (κ3) is 3.07. The molecule has 0 spiro atoms. The molecule has 1 aromatic rings. The van der Waals surface area contributed by atoms with Gasteiger partial charge in [0, 0.05) is 6.20 Å². The number of pyridine rings is 1. The topological polar surface area (TPSA) is 91.3 Å². The van der Waals surface area contributed by atoms with E-state index in [1.807, 2.05) is 19.1 Å². The number of hydrogen-bond acceptors (Lipinski definition) is 3. The monoisotopic (exact) mass is 277 g/mol. The summed E-state index contributed by atoms with van der Waals surface area (Å²) in [6.07, 6.45) is 4.28. The molecule has 2 amide bonds. The molecule has 108 valence electrons. The first-order chi connectivity index (χ1) is 9.53. The van der Waals surface area contributed by atoms with Gasteiger partial charge in [-0.2, -0.15) is 0 Å². The van der Waals surface area contributed by atoms with E-state index in [4.69, 9.17) is 0 Å². The quantitative estimate of drug-likeness (QED) is 0.779. The number of carboxylic acid groups (broad SMARTS) is 1. The third-order valence-electron chi connectivity index (χ3n) is 3.75. The van der Waals surface area contributed by atoms with E-state index >= 15 is 0 Å². The lowest BCUT2D eigenvalue weighted by Gasteiger charge is -2.25. The standard InChI is InChI=1S/C14H19N3O3/c1-10-5-4-8-15-11(10)9-16-13(20)17-14(12(18)19)6-2-3-7-14/h4-5,8H,2-3,6-7,9H2,1H3,(H,18,19)(H2,16,17,20). The van der Waals surface area contributed by atoms with Gasteiger partial charge in [0.2, 0.25) is 0 Å². The molecule has 0 bridgehead atoms. The van der Waals surface area contributed by atoms with Gasteiger partial charge in [-0.3, -0.25) is 4.98 Å². The van der Waals surface area contributed by atoms with E-state index < -0.39 is 17.5 Å². The van der Waals surface area contributed by atoms with Crippen LogP contribution in [0, 0.1) is 6.92 Å². The Morgan fingerprint density at radius 1 is 1.40 bits per heavy atom. The van der Waals surface area contributed by atoms with Crippen LogP contribution in [-0.4, -0.2) is 27.6 Å². The minimum Gasteiger partial charge on any atom is -0.480 e. The molecule has 0 unspecified atom stereocenters. The zero-order chi connectivity index (χ0) is 14.6. The van der Waals surface area contributed by atoms with Gasteiger partial charge in [0.05, 0.1) is 12.2 Å². The van der Waals surface area contributed by atoms with Crippen LogP contribution in [-0.2, 0) is 11.3 Å². The number of aliphatic carboxylic acids is 1. The average molecular weight is 277 g/mol. The van der Waals surface area contributed by atoms with Gasteiger partial charge in [-0.05, 0) is 31.4 Å². The maximum Gasteiger partial charge on any atom is 0.329 e. The molecule has 6 nitrogen and oxygen atoms in total. The Balaban J connectivity index is 1.92. The molecule has 1 saturated carbocycles. The number of nitrogens with zero attached hydrogens (tertiary/aromatic N) is 1. The van der Waals surface area contributed by atoms with Crippen LogP contribution in [0.15, 0.2) is 18.3 Å². The lowest BCUT2D eigenvalue weighted by molar-refractivity contribution is -0.144. The van der Waals surface area contributed by atoms with Crippen LogP contribution in [0.4, 0.5) is 4.79 Å². The Morgan fingerprint density at radius 3 is 2.70 bits per heavy atom. The fourth-order valence-corrected chi connectivity index (χ4v) is 2.50. The Morgan fingerprint density at radius 2 is 2.10 bits per heavy atom. The highest BCUT2D eigenvalue weighted by Gasteiger charge is 2.42. The zero-order valence-electron chi connectivity index (χ0n) is 11.5.